The van der Waals surface area contributed by atoms with Gasteiger partial charge in [0.25, 0.3) is 11.5 Å². The van der Waals surface area contributed by atoms with Crippen LogP contribution in [0.5, 0.6) is 5.75 Å². The quantitative estimate of drug-likeness (QED) is 0.383. The third kappa shape index (κ3) is 4.67. The topological polar surface area (TPSA) is 102 Å². The van der Waals surface area contributed by atoms with E-state index in [-0.39, 0.29) is 17.4 Å². The summed E-state index contributed by atoms with van der Waals surface area (Å²) < 4.78 is 6.63. The number of nitrogens with one attached hydrogen (secondary N) is 2. The van der Waals surface area contributed by atoms with Gasteiger partial charge in [-0.15, -0.1) is 11.3 Å². The average molecular weight is 491 g/mol. The van der Waals surface area contributed by atoms with Crippen molar-refractivity contribution in [2.75, 3.05) is 17.7 Å². The Morgan fingerprint density at radius 3 is 2.43 bits per heavy atom. The van der Waals surface area contributed by atoms with Gasteiger partial charge >= 0.3 is 0 Å². The predicted molar refractivity (Wildman–Crippen MR) is 139 cm³/mol. The minimum Gasteiger partial charge on any atom is -0.495 e. The molecule has 9 heteroatoms. The lowest BCUT2D eigenvalue weighted by Crippen LogP contribution is -2.33. The monoisotopic (exact) mass is 490 g/mol. The van der Waals surface area contributed by atoms with Crippen LogP contribution in [0.2, 0.25) is 0 Å². The van der Waals surface area contributed by atoms with Crippen molar-refractivity contribution in [3.63, 3.8) is 0 Å². The van der Waals surface area contributed by atoms with E-state index >= 15 is 0 Å². The van der Waals surface area contributed by atoms with Crippen molar-refractivity contribution in [1.29, 1.82) is 0 Å². The maximum atomic E-state index is 13.5. The molecule has 4 aromatic rings. The smallest absolute Gasteiger partial charge is 0.266 e. The van der Waals surface area contributed by atoms with Crippen LogP contribution in [0.1, 0.15) is 40.2 Å². The van der Waals surface area contributed by atoms with Crippen LogP contribution in [0.3, 0.4) is 0 Å². The molecule has 0 aliphatic heterocycles. The van der Waals surface area contributed by atoms with Gasteiger partial charge in [0.2, 0.25) is 5.91 Å². The molecule has 4 rings (SSSR count). The first kappa shape index (κ1) is 24.2. The molecule has 0 spiro atoms. The van der Waals surface area contributed by atoms with Crippen molar-refractivity contribution < 1.29 is 14.3 Å². The number of ether oxygens (including phenoxy) is 1. The molecule has 0 bridgehead atoms. The molecular weight excluding hydrogens is 464 g/mol. The van der Waals surface area contributed by atoms with Crippen LogP contribution in [0.25, 0.3) is 10.2 Å². The first-order valence-corrected chi connectivity index (χ1v) is 12.0. The molecule has 8 nitrogen and oxygen atoms in total. The molecule has 0 saturated heterocycles. The van der Waals surface area contributed by atoms with E-state index in [1.54, 1.807) is 31.2 Å². The number of aryl methyl sites for hydroxylation is 2. The number of benzene rings is 2. The number of methoxy groups -OCH3 is 1. The summed E-state index contributed by atoms with van der Waals surface area (Å²) in [4.78, 5) is 44.9. The molecule has 35 heavy (non-hydrogen) atoms. The molecule has 0 aliphatic carbocycles. The molecule has 1 unspecified atom stereocenters. The van der Waals surface area contributed by atoms with E-state index in [2.05, 4.69) is 15.6 Å². The van der Waals surface area contributed by atoms with E-state index < -0.39 is 6.04 Å². The third-order valence-electron chi connectivity index (χ3n) is 5.87. The van der Waals surface area contributed by atoms with Crippen molar-refractivity contribution in [3.8, 4) is 5.75 Å². The van der Waals surface area contributed by atoms with Crippen LogP contribution < -0.4 is 20.9 Å². The van der Waals surface area contributed by atoms with Gasteiger partial charge in [-0.1, -0.05) is 37.3 Å². The maximum Gasteiger partial charge on any atom is 0.266 e. The second-order valence-electron chi connectivity index (χ2n) is 8.08. The fourth-order valence-electron chi connectivity index (χ4n) is 3.94. The lowest BCUT2D eigenvalue weighted by Gasteiger charge is -2.18. The lowest BCUT2D eigenvalue weighted by atomic mass is 10.1. The number of fused-ring (bicyclic) bond motifs is 1. The number of nitrogens with zero attached hydrogens (tertiary/aromatic N) is 2. The zero-order chi connectivity index (χ0) is 25.1. The van der Waals surface area contributed by atoms with E-state index in [1.807, 2.05) is 38.1 Å². The fraction of sp³-hybridized carbons (Fsp3) is 0.231. The number of rotatable bonds is 7. The maximum absolute atomic E-state index is 13.5. The molecule has 0 fully saturated rings. The summed E-state index contributed by atoms with van der Waals surface area (Å²) in [5, 5.41) is 6.10. The summed E-state index contributed by atoms with van der Waals surface area (Å²) in [7, 11) is 1.52. The molecule has 0 radical (unpaired) electrons. The predicted octanol–water partition coefficient (Wildman–Crippen LogP) is 4.93. The van der Waals surface area contributed by atoms with E-state index in [9.17, 15) is 14.4 Å². The first-order valence-electron chi connectivity index (χ1n) is 11.2. The molecule has 0 saturated carbocycles. The second kappa shape index (κ2) is 10.1. The van der Waals surface area contributed by atoms with Crippen LogP contribution in [0.15, 0.2) is 59.7 Å². The molecule has 2 heterocycles. The van der Waals surface area contributed by atoms with Crippen LogP contribution in [0, 0.1) is 13.8 Å². The van der Waals surface area contributed by atoms with Crippen LogP contribution in [0.4, 0.5) is 11.4 Å². The number of thiophene rings is 1. The van der Waals surface area contributed by atoms with Crippen molar-refractivity contribution in [1.82, 2.24) is 9.55 Å². The van der Waals surface area contributed by atoms with Crippen molar-refractivity contribution in [3.05, 3.63) is 81.2 Å². The highest BCUT2D eigenvalue weighted by atomic mass is 32.1. The Morgan fingerprint density at radius 1 is 1.06 bits per heavy atom. The largest absolute Gasteiger partial charge is 0.495 e. The van der Waals surface area contributed by atoms with Crippen molar-refractivity contribution in [2.45, 2.75) is 33.2 Å². The molecule has 2 aromatic carbocycles. The average Bonchev–Trinajstić information content (AvgIpc) is 3.20. The van der Waals surface area contributed by atoms with Gasteiger partial charge < -0.3 is 15.4 Å². The van der Waals surface area contributed by atoms with Gasteiger partial charge in [0.05, 0.1) is 29.4 Å². The highest BCUT2D eigenvalue weighted by Crippen LogP contribution is 2.29. The van der Waals surface area contributed by atoms with E-state index in [4.69, 9.17) is 4.74 Å². The second-order valence-corrected chi connectivity index (χ2v) is 9.08. The SMILES string of the molecule is CCC(C(=O)Nc1ccccc1OC)n1cnc2sc(C(=O)Nc3ccccc3C)c(C)c2c1=O. The minimum absolute atomic E-state index is 0.299. The van der Waals surface area contributed by atoms with E-state index in [0.29, 0.717) is 44.2 Å². The molecule has 1 atom stereocenters. The standard InChI is InChI=1S/C26H26N4O4S/c1-5-19(23(31)29-18-12-8-9-13-20(18)34-4)30-14-27-25-21(26(30)33)16(3)22(35-25)24(32)28-17-11-7-6-10-15(17)2/h6-14,19H,5H2,1-4H3,(H,28,32)(H,29,31). The lowest BCUT2D eigenvalue weighted by molar-refractivity contribution is -0.119. The molecule has 180 valence electrons. The summed E-state index contributed by atoms with van der Waals surface area (Å²) >= 11 is 1.16. The van der Waals surface area contributed by atoms with Gasteiger partial charge in [-0.3, -0.25) is 19.0 Å². The highest BCUT2D eigenvalue weighted by Gasteiger charge is 2.25. The zero-order valence-electron chi connectivity index (χ0n) is 19.9. The van der Waals surface area contributed by atoms with E-state index in [0.717, 1.165) is 16.9 Å². The number of hydrogen-bond acceptors (Lipinski definition) is 6. The summed E-state index contributed by atoms with van der Waals surface area (Å²) in [6.07, 6.45) is 1.75. The Morgan fingerprint density at radius 2 is 1.74 bits per heavy atom. The van der Waals surface area contributed by atoms with Crippen molar-refractivity contribution in [2.24, 2.45) is 0 Å². The van der Waals surface area contributed by atoms with Crippen LogP contribution in [-0.2, 0) is 4.79 Å². The van der Waals surface area contributed by atoms with Crippen LogP contribution >= 0.6 is 11.3 Å². The number of para-hydroxylation sites is 3. The molecular formula is C26H26N4O4S. The third-order valence-corrected chi connectivity index (χ3v) is 7.06. The molecule has 2 amide bonds. The number of anilines is 2. The Labute approximate surface area is 206 Å². The number of hydrogen-bond donors (Lipinski definition) is 2. The van der Waals surface area contributed by atoms with Gasteiger partial charge in [-0.25, -0.2) is 4.98 Å². The van der Waals surface area contributed by atoms with Crippen LogP contribution in [-0.4, -0.2) is 28.5 Å². The first-order chi connectivity index (χ1) is 16.8. The molecule has 2 aromatic heterocycles. The zero-order valence-corrected chi connectivity index (χ0v) is 20.7. The highest BCUT2D eigenvalue weighted by molar-refractivity contribution is 7.20. The molecule has 2 N–H and O–H groups in total. The number of carbonyl (C=O) groups excluding carboxylic acids is 2. The Kier molecular flexibility index (Phi) is 6.97. The summed E-state index contributed by atoms with van der Waals surface area (Å²) in [5.74, 6) is -0.132. The van der Waals surface area contributed by atoms with Gasteiger partial charge in [0.15, 0.2) is 0 Å². The number of amides is 2. The minimum atomic E-state index is -0.784. The Balaban J connectivity index is 1.67. The number of carbonyl (C=O) groups is 2. The van der Waals surface area contributed by atoms with Crippen molar-refractivity contribution >= 4 is 44.7 Å². The normalized spacial score (nSPS) is 11.8. The molecule has 0 aliphatic rings. The van der Waals surface area contributed by atoms with Gasteiger partial charge in [-0.2, -0.15) is 0 Å². The summed E-state index contributed by atoms with van der Waals surface area (Å²) in [6, 6.07) is 13.8. The van der Waals surface area contributed by atoms with Gasteiger partial charge in [-0.05, 0) is 49.6 Å². The van der Waals surface area contributed by atoms with E-state index in [1.165, 1.54) is 18.0 Å². The Hall–Kier alpha value is -3.98. The fourth-order valence-corrected chi connectivity index (χ4v) is 4.97. The van der Waals surface area contributed by atoms with Gasteiger partial charge in [0, 0.05) is 5.69 Å². The summed E-state index contributed by atoms with van der Waals surface area (Å²) in [5.41, 5.74) is 2.34. The summed E-state index contributed by atoms with van der Waals surface area (Å²) in [6.45, 7) is 5.47. The number of aromatic nitrogens is 2. The van der Waals surface area contributed by atoms with Gasteiger partial charge in [0.1, 0.15) is 16.6 Å². The Bertz CT molecular complexity index is 1470.